The van der Waals surface area contributed by atoms with Crippen molar-refractivity contribution in [2.75, 3.05) is 6.61 Å². The molecule has 25 heavy (non-hydrogen) atoms. The van der Waals surface area contributed by atoms with Gasteiger partial charge in [0.25, 0.3) is 0 Å². The van der Waals surface area contributed by atoms with Crippen molar-refractivity contribution in [2.45, 2.75) is 20.0 Å². The van der Waals surface area contributed by atoms with E-state index >= 15 is 0 Å². The summed E-state index contributed by atoms with van der Waals surface area (Å²) in [7, 11) is 0. The molecule has 2 aromatic carbocycles. The van der Waals surface area contributed by atoms with Gasteiger partial charge in [-0.15, -0.1) is 0 Å². The Balaban J connectivity index is 1.75. The third-order valence-corrected chi connectivity index (χ3v) is 3.22. The number of benzene rings is 2. The van der Waals surface area contributed by atoms with Crippen LogP contribution in [0.4, 0.5) is 4.79 Å². The Hall–Kier alpha value is -3.15. The molecule has 0 radical (unpaired) electrons. The summed E-state index contributed by atoms with van der Waals surface area (Å²) >= 11 is 0. The van der Waals surface area contributed by atoms with Gasteiger partial charge in [0.15, 0.2) is 0 Å². The lowest BCUT2D eigenvalue weighted by molar-refractivity contribution is -0.142. The molecule has 6 heteroatoms. The monoisotopic (exact) mass is 340 g/mol. The van der Waals surface area contributed by atoms with Crippen LogP contribution in [-0.4, -0.2) is 24.9 Å². The van der Waals surface area contributed by atoms with E-state index in [1.54, 1.807) is 19.1 Å². The molecule has 0 aliphatic carbocycles. The maximum atomic E-state index is 11.5. The Morgan fingerprint density at radius 1 is 1.00 bits per heavy atom. The van der Waals surface area contributed by atoms with E-state index in [2.05, 4.69) is 10.5 Å². The van der Waals surface area contributed by atoms with Crippen molar-refractivity contribution in [3.05, 3.63) is 71.3 Å². The zero-order chi connectivity index (χ0) is 17.9. The van der Waals surface area contributed by atoms with E-state index in [1.165, 1.54) is 6.21 Å². The lowest BCUT2D eigenvalue weighted by Gasteiger charge is -2.04. The number of nitrogens with zero attached hydrogens (tertiary/aromatic N) is 1. The highest BCUT2D eigenvalue weighted by atomic mass is 16.6. The largest absolute Gasteiger partial charge is 0.466 e. The zero-order valence-corrected chi connectivity index (χ0v) is 14.0. The van der Waals surface area contributed by atoms with Crippen molar-refractivity contribution in [1.82, 2.24) is 5.43 Å². The average molecular weight is 340 g/mol. The number of esters is 1. The molecule has 0 atom stereocenters. The Morgan fingerprint density at radius 2 is 1.72 bits per heavy atom. The van der Waals surface area contributed by atoms with Gasteiger partial charge in [-0.25, -0.2) is 10.2 Å². The third-order valence-electron chi connectivity index (χ3n) is 3.22. The van der Waals surface area contributed by atoms with E-state index in [-0.39, 0.29) is 19.0 Å². The van der Waals surface area contributed by atoms with E-state index in [1.807, 2.05) is 42.5 Å². The standard InChI is InChI=1S/C19H20N2O4/c1-2-24-18(22)12-15-8-10-16(11-9-15)13-20-21-19(23)25-14-17-6-4-3-5-7-17/h3-11,13H,2,12,14H2,1H3,(H,21,23). The van der Waals surface area contributed by atoms with Crippen molar-refractivity contribution in [2.24, 2.45) is 5.10 Å². The predicted molar refractivity (Wildman–Crippen MR) is 94.1 cm³/mol. The van der Waals surface area contributed by atoms with Crippen LogP contribution in [0.5, 0.6) is 0 Å². The number of hydrogen-bond donors (Lipinski definition) is 1. The Morgan fingerprint density at radius 3 is 2.40 bits per heavy atom. The number of hydrogen-bond acceptors (Lipinski definition) is 5. The quantitative estimate of drug-likeness (QED) is 0.477. The summed E-state index contributed by atoms with van der Waals surface area (Å²) < 4.78 is 9.93. The van der Waals surface area contributed by atoms with Crippen LogP contribution in [0.1, 0.15) is 23.6 Å². The molecule has 2 rings (SSSR count). The molecule has 1 N–H and O–H groups in total. The molecular formula is C19H20N2O4. The van der Waals surface area contributed by atoms with Gasteiger partial charge in [0.2, 0.25) is 0 Å². The number of hydrazone groups is 1. The first-order valence-corrected chi connectivity index (χ1v) is 7.91. The Kier molecular flexibility index (Phi) is 7.18. The van der Waals surface area contributed by atoms with Crippen molar-refractivity contribution in [1.29, 1.82) is 0 Å². The van der Waals surface area contributed by atoms with Gasteiger partial charge < -0.3 is 9.47 Å². The molecule has 0 spiro atoms. The topological polar surface area (TPSA) is 77.0 Å². The average Bonchev–Trinajstić information content (AvgIpc) is 2.62. The summed E-state index contributed by atoms with van der Waals surface area (Å²) in [4.78, 5) is 22.9. The molecule has 0 fully saturated rings. The molecule has 0 aromatic heterocycles. The van der Waals surface area contributed by atoms with Crippen LogP contribution >= 0.6 is 0 Å². The first-order valence-electron chi connectivity index (χ1n) is 7.91. The van der Waals surface area contributed by atoms with Crippen molar-refractivity contribution < 1.29 is 19.1 Å². The van der Waals surface area contributed by atoms with E-state index in [4.69, 9.17) is 9.47 Å². The highest BCUT2D eigenvalue weighted by Gasteiger charge is 2.03. The van der Waals surface area contributed by atoms with Crippen molar-refractivity contribution in [3.8, 4) is 0 Å². The molecule has 0 saturated heterocycles. The minimum atomic E-state index is -0.626. The van der Waals surface area contributed by atoms with Gasteiger partial charge in [-0.1, -0.05) is 54.6 Å². The van der Waals surface area contributed by atoms with Crippen molar-refractivity contribution in [3.63, 3.8) is 0 Å². The third kappa shape index (κ3) is 6.87. The van der Waals surface area contributed by atoms with Gasteiger partial charge in [0.05, 0.1) is 19.2 Å². The van der Waals surface area contributed by atoms with Crippen LogP contribution in [0.15, 0.2) is 59.7 Å². The number of carbonyl (C=O) groups excluding carboxylic acids is 2. The summed E-state index contributed by atoms with van der Waals surface area (Å²) in [6, 6.07) is 16.6. The maximum Gasteiger partial charge on any atom is 0.428 e. The maximum absolute atomic E-state index is 11.5. The SMILES string of the molecule is CCOC(=O)Cc1ccc(C=NNC(=O)OCc2ccccc2)cc1. The highest BCUT2D eigenvalue weighted by Crippen LogP contribution is 2.05. The van der Waals surface area contributed by atoms with Gasteiger partial charge >= 0.3 is 12.1 Å². The molecular weight excluding hydrogens is 320 g/mol. The number of carbonyl (C=O) groups is 2. The Bertz CT molecular complexity index is 712. The van der Waals surface area contributed by atoms with Crippen molar-refractivity contribution >= 4 is 18.3 Å². The minimum Gasteiger partial charge on any atom is -0.466 e. The van der Waals surface area contributed by atoms with E-state index in [0.717, 1.165) is 16.7 Å². The molecule has 0 bridgehead atoms. The first-order chi connectivity index (χ1) is 12.2. The van der Waals surface area contributed by atoms with Gasteiger partial charge in [0, 0.05) is 0 Å². The lowest BCUT2D eigenvalue weighted by Crippen LogP contribution is -2.18. The Labute approximate surface area is 146 Å². The fourth-order valence-corrected chi connectivity index (χ4v) is 2.02. The van der Waals surface area contributed by atoms with Gasteiger partial charge in [-0.3, -0.25) is 4.79 Å². The highest BCUT2D eigenvalue weighted by molar-refractivity contribution is 5.81. The van der Waals surface area contributed by atoms with Gasteiger partial charge in [-0.05, 0) is 23.6 Å². The molecule has 0 aliphatic heterocycles. The second-order valence-corrected chi connectivity index (χ2v) is 5.16. The van der Waals surface area contributed by atoms with Gasteiger partial charge in [-0.2, -0.15) is 5.10 Å². The summed E-state index contributed by atoms with van der Waals surface area (Å²) in [6.07, 6.45) is 1.10. The van der Waals surface area contributed by atoms with E-state index < -0.39 is 6.09 Å². The molecule has 2 aromatic rings. The smallest absolute Gasteiger partial charge is 0.428 e. The lowest BCUT2D eigenvalue weighted by atomic mass is 10.1. The first kappa shape index (κ1) is 18.2. The van der Waals surface area contributed by atoms with Crippen LogP contribution in [0.25, 0.3) is 0 Å². The van der Waals surface area contributed by atoms with Crippen LogP contribution in [-0.2, 0) is 27.3 Å². The summed E-state index contributed by atoms with van der Waals surface area (Å²) in [5.74, 6) is -0.258. The molecule has 0 heterocycles. The normalized spacial score (nSPS) is 10.4. The summed E-state index contributed by atoms with van der Waals surface area (Å²) in [5, 5.41) is 3.83. The molecule has 0 saturated carbocycles. The molecule has 0 unspecified atom stereocenters. The molecule has 6 nitrogen and oxygen atoms in total. The number of rotatable bonds is 7. The van der Waals surface area contributed by atoms with Crippen LogP contribution in [0.2, 0.25) is 0 Å². The minimum absolute atomic E-state index is 0.185. The number of nitrogens with one attached hydrogen (secondary N) is 1. The second kappa shape index (κ2) is 9.87. The van der Waals surface area contributed by atoms with E-state index in [0.29, 0.717) is 6.61 Å². The van der Waals surface area contributed by atoms with E-state index in [9.17, 15) is 9.59 Å². The fraction of sp³-hybridized carbons (Fsp3) is 0.211. The number of ether oxygens (including phenoxy) is 2. The second-order valence-electron chi connectivity index (χ2n) is 5.16. The van der Waals surface area contributed by atoms with Crippen LogP contribution in [0, 0.1) is 0 Å². The molecule has 0 aliphatic rings. The van der Waals surface area contributed by atoms with Gasteiger partial charge in [0.1, 0.15) is 6.61 Å². The summed E-state index contributed by atoms with van der Waals surface area (Å²) in [5.41, 5.74) is 4.84. The van der Waals surface area contributed by atoms with Crippen LogP contribution in [0.3, 0.4) is 0 Å². The molecule has 130 valence electrons. The summed E-state index contributed by atoms with van der Waals surface area (Å²) in [6.45, 7) is 2.33. The van der Waals surface area contributed by atoms with Crippen LogP contribution < -0.4 is 5.43 Å². The predicted octanol–water partition coefficient (Wildman–Crippen LogP) is 3.05. The zero-order valence-electron chi connectivity index (χ0n) is 14.0. The fourth-order valence-electron chi connectivity index (χ4n) is 2.02. The number of amides is 1. The molecule has 1 amide bonds.